The molecule has 2 saturated carbocycles. The van der Waals surface area contributed by atoms with Crippen molar-refractivity contribution in [3.05, 3.63) is 0 Å². The molecule has 2 aliphatic carbocycles. The molecule has 7 heteroatoms. The van der Waals surface area contributed by atoms with Gasteiger partial charge in [-0.15, -0.1) is 0 Å². The number of nitrogens with one attached hydrogen (secondary N) is 2. The Balaban J connectivity index is 1.54. The van der Waals surface area contributed by atoms with Crippen molar-refractivity contribution in [1.29, 1.82) is 0 Å². The molecule has 7 nitrogen and oxygen atoms in total. The number of rotatable bonds is 5. The van der Waals surface area contributed by atoms with E-state index >= 15 is 0 Å². The van der Waals surface area contributed by atoms with Crippen LogP contribution >= 0.6 is 0 Å². The second kappa shape index (κ2) is 6.83. The maximum absolute atomic E-state index is 12.9. The molecular formula is C19H32N4O3. The summed E-state index contributed by atoms with van der Waals surface area (Å²) in [4.78, 5) is 38.4. The van der Waals surface area contributed by atoms with E-state index < -0.39 is 11.6 Å². The summed E-state index contributed by atoms with van der Waals surface area (Å²) in [6.45, 7) is 6.81. The Hall–Kier alpha value is -1.63. The average molecular weight is 364 g/mol. The minimum Gasteiger partial charge on any atom is -0.353 e. The lowest BCUT2D eigenvalue weighted by atomic mass is 9.67. The van der Waals surface area contributed by atoms with Crippen LogP contribution in [-0.2, 0) is 9.59 Å². The first-order valence-corrected chi connectivity index (χ1v) is 9.79. The molecule has 1 heterocycles. The topological polar surface area (TPSA) is 105 Å². The van der Waals surface area contributed by atoms with E-state index in [4.69, 9.17) is 5.73 Å². The summed E-state index contributed by atoms with van der Waals surface area (Å²) >= 11 is 0. The molecule has 146 valence electrons. The second-order valence-corrected chi connectivity index (χ2v) is 9.35. The van der Waals surface area contributed by atoms with Crippen LogP contribution in [0.2, 0.25) is 0 Å². The van der Waals surface area contributed by atoms with E-state index in [2.05, 4.69) is 31.4 Å². The zero-order valence-corrected chi connectivity index (χ0v) is 16.1. The number of hydrogen-bond donors (Lipinski definition) is 3. The third-order valence-corrected chi connectivity index (χ3v) is 6.37. The highest BCUT2D eigenvalue weighted by molar-refractivity contribution is 6.09. The summed E-state index contributed by atoms with van der Waals surface area (Å²) in [7, 11) is 0. The van der Waals surface area contributed by atoms with Gasteiger partial charge in [0.25, 0.3) is 5.91 Å². The van der Waals surface area contributed by atoms with Gasteiger partial charge in [0.1, 0.15) is 12.1 Å². The van der Waals surface area contributed by atoms with Gasteiger partial charge in [0, 0.05) is 12.6 Å². The van der Waals surface area contributed by atoms with Crippen LogP contribution in [0.5, 0.6) is 0 Å². The fourth-order valence-corrected chi connectivity index (χ4v) is 4.26. The molecule has 1 unspecified atom stereocenters. The maximum atomic E-state index is 12.9. The smallest absolute Gasteiger partial charge is 0.325 e. The van der Waals surface area contributed by atoms with Crippen molar-refractivity contribution >= 4 is 17.8 Å². The number of nitrogens with two attached hydrogens (primary N) is 1. The Morgan fingerprint density at radius 3 is 2.42 bits per heavy atom. The number of hydrogen-bond acceptors (Lipinski definition) is 4. The van der Waals surface area contributed by atoms with Crippen LogP contribution in [0.25, 0.3) is 0 Å². The molecule has 4 amide bonds. The van der Waals surface area contributed by atoms with Gasteiger partial charge in [-0.25, -0.2) is 4.79 Å². The fraction of sp³-hybridized carbons (Fsp3) is 0.842. The van der Waals surface area contributed by atoms with Crippen LogP contribution in [0.1, 0.15) is 59.3 Å². The van der Waals surface area contributed by atoms with Crippen molar-refractivity contribution in [3.63, 3.8) is 0 Å². The average Bonchev–Trinajstić information content (AvgIpc) is 3.38. The van der Waals surface area contributed by atoms with Crippen LogP contribution in [0.15, 0.2) is 0 Å². The highest BCUT2D eigenvalue weighted by Crippen LogP contribution is 2.43. The monoisotopic (exact) mass is 364 g/mol. The first-order valence-electron chi connectivity index (χ1n) is 9.79. The van der Waals surface area contributed by atoms with E-state index in [1.54, 1.807) is 0 Å². The lowest BCUT2D eigenvalue weighted by Gasteiger charge is -2.40. The predicted molar refractivity (Wildman–Crippen MR) is 98.1 cm³/mol. The first-order chi connectivity index (χ1) is 12.1. The minimum atomic E-state index is -0.816. The van der Waals surface area contributed by atoms with E-state index in [1.807, 2.05) is 0 Å². The van der Waals surface area contributed by atoms with Gasteiger partial charge in [-0.1, -0.05) is 20.8 Å². The Labute approximate surface area is 155 Å². The van der Waals surface area contributed by atoms with Crippen LogP contribution in [0, 0.1) is 17.3 Å². The molecule has 1 saturated heterocycles. The molecule has 3 aliphatic rings. The second-order valence-electron chi connectivity index (χ2n) is 9.35. The molecule has 4 N–H and O–H groups in total. The van der Waals surface area contributed by atoms with Gasteiger partial charge < -0.3 is 16.4 Å². The summed E-state index contributed by atoms with van der Waals surface area (Å²) in [5.74, 6) is 0.453. The van der Waals surface area contributed by atoms with Crippen molar-refractivity contribution in [1.82, 2.24) is 15.5 Å². The van der Waals surface area contributed by atoms with Gasteiger partial charge in [-0.2, -0.15) is 0 Å². The highest BCUT2D eigenvalue weighted by atomic mass is 16.2. The van der Waals surface area contributed by atoms with Crippen molar-refractivity contribution < 1.29 is 14.4 Å². The number of urea groups is 1. The normalized spacial score (nSPS) is 30.5. The maximum Gasteiger partial charge on any atom is 0.325 e. The molecular weight excluding hydrogens is 332 g/mol. The molecule has 0 aromatic carbocycles. The minimum absolute atomic E-state index is 0.0407. The summed E-state index contributed by atoms with van der Waals surface area (Å²) in [6.07, 6.45) is 5.33. The number of carbonyl (C=O) groups excluding carboxylic acids is 3. The van der Waals surface area contributed by atoms with E-state index in [1.165, 1.54) is 0 Å². The van der Waals surface area contributed by atoms with Crippen LogP contribution in [0.4, 0.5) is 4.79 Å². The molecule has 0 bridgehead atoms. The van der Waals surface area contributed by atoms with E-state index in [-0.39, 0.29) is 29.8 Å². The molecule has 1 atom stereocenters. The lowest BCUT2D eigenvalue weighted by Crippen LogP contribution is -2.51. The van der Waals surface area contributed by atoms with Gasteiger partial charge in [-0.3, -0.25) is 14.5 Å². The molecule has 1 aliphatic heterocycles. The van der Waals surface area contributed by atoms with Crippen molar-refractivity contribution in [3.8, 4) is 0 Å². The van der Waals surface area contributed by atoms with Crippen LogP contribution < -0.4 is 16.4 Å². The molecule has 3 fully saturated rings. The molecule has 26 heavy (non-hydrogen) atoms. The number of imide groups is 1. The van der Waals surface area contributed by atoms with Gasteiger partial charge in [0.2, 0.25) is 5.91 Å². The zero-order valence-electron chi connectivity index (χ0n) is 16.1. The quantitative estimate of drug-likeness (QED) is 0.641. The number of carbonyl (C=O) groups is 3. The Kier molecular flexibility index (Phi) is 5.03. The number of amides is 4. The predicted octanol–water partition coefficient (Wildman–Crippen LogP) is 1.37. The third kappa shape index (κ3) is 3.87. The SMILES string of the molecule is CC(C)(C)C1CCC2(CC1)NC(=O)N(CC(=O)NCC(N)C1CC1)C2=O. The summed E-state index contributed by atoms with van der Waals surface area (Å²) in [6, 6.07) is -0.494. The van der Waals surface area contributed by atoms with Gasteiger partial charge >= 0.3 is 6.03 Å². The van der Waals surface area contributed by atoms with Gasteiger partial charge in [-0.05, 0) is 55.8 Å². The van der Waals surface area contributed by atoms with E-state index in [0.717, 1.165) is 30.6 Å². The van der Waals surface area contributed by atoms with Crippen molar-refractivity contribution in [2.45, 2.75) is 70.9 Å². The van der Waals surface area contributed by atoms with Crippen molar-refractivity contribution in [2.75, 3.05) is 13.1 Å². The Morgan fingerprint density at radius 1 is 1.27 bits per heavy atom. The molecule has 1 spiro atoms. The Bertz CT molecular complexity index is 586. The number of nitrogens with zero attached hydrogens (tertiary/aromatic N) is 1. The van der Waals surface area contributed by atoms with E-state index in [9.17, 15) is 14.4 Å². The third-order valence-electron chi connectivity index (χ3n) is 6.37. The van der Waals surface area contributed by atoms with Crippen molar-refractivity contribution in [2.24, 2.45) is 23.0 Å². The highest BCUT2D eigenvalue weighted by Gasteiger charge is 2.53. The molecule has 0 aromatic heterocycles. The zero-order chi connectivity index (χ0) is 19.1. The van der Waals surface area contributed by atoms with Gasteiger partial charge in [0.15, 0.2) is 0 Å². The Morgan fingerprint density at radius 2 is 1.88 bits per heavy atom. The van der Waals surface area contributed by atoms with Crippen LogP contribution in [0.3, 0.4) is 0 Å². The summed E-state index contributed by atoms with van der Waals surface area (Å²) < 4.78 is 0. The van der Waals surface area contributed by atoms with E-state index in [0.29, 0.717) is 31.2 Å². The largest absolute Gasteiger partial charge is 0.353 e. The van der Waals surface area contributed by atoms with Gasteiger partial charge in [0.05, 0.1) is 0 Å². The fourth-order valence-electron chi connectivity index (χ4n) is 4.26. The summed E-state index contributed by atoms with van der Waals surface area (Å²) in [5.41, 5.74) is 5.36. The van der Waals surface area contributed by atoms with Crippen LogP contribution in [-0.4, -0.2) is 47.4 Å². The first kappa shape index (κ1) is 19.1. The molecule has 3 rings (SSSR count). The molecule has 0 radical (unpaired) electrons. The molecule has 0 aromatic rings. The standard InChI is InChI=1S/C19H32N4O3/c1-18(2,3)13-6-8-19(9-7-13)16(25)23(17(26)22-19)11-15(24)21-10-14(20)12-4-5-12/h12-14H,4-11,20H2,1-3H3,(H,21,24)(H,22,26). The summed E-state index contributed by atoms with van der Waals surface area (Å²) in [5, 5.41) is 5.62. The lowest BCUT2D eigenvalue weighted by molar-refractivity contribution is -0.136.